The van der Waals surface area contributed by atoms with E-state index >= 15 is 0 Å². The van der Waals surface area contributed by atoms with Crippen molar-refractivity contribution in [1.29, 1.82) is 0 Å². The lowest BCUT2D eigenvalue weighted by molar-refractivity contribution is 0.211. The second kappa shape index (κ2) is 11.9. The Labute approximate surface area is 207 Å². The Kier molecular flexibility index (Phi) is 8.42. The van der Waals surface area contributed by atoms with Gasteiger partial charge in [0.05, 0.1) is 16.6 Å². The first-order chi connectivity index (χ1) is 17.0. The van der Waals surface area contributed by atoms with Crippen LogP contribution in [0.25, 0.3) is 22.4 Å². The Balaban J connectivity index is 0.000000356. The molecule has 4 aromatic rings. The van der Waals surface area contributed by atoms with Gasteiger partial charge in [-0.1, -0.05) is 35.9 Å². The Morgan fingerprint density at radius 3 is 2.40 bits per heavy atom. The summed E-state index contributed by atoms with van der Waals surface area (Å²) in [7, 11) is 2.20. The molecule has 1 aliphatic rings. The molecule has 0 bridgehead atoms. The smallest absolute Gasteiger partial charge is 0.222 e. The number of nitrogens with zero attached hydrogens (tertiary/aromatic N) is 4. The van der Waals surface area contributed by atoms with Crippen molar-refractivity contribution in [2.24, 2.45) is 5.92 Å². The average molecular weight is 475 g/mol. The molecule has 1 saturated heterocycles. The molecular formula is C28H35FN6. The van der Waals surface area contributed by atoms with Crippen LogP contribution in [0.5, 0.6) is 0 Å². The first-order valence-corrected chi connectivity index (χ1v) is 12.4. The Bertz CT molecular complexity index is 1200. The molecule has 1 fully saturated rings. The molecule has 1 aliphatic heterocycles. The van der Waals surface area contributed by atoms with E-state index in [4.69, 9.17) is 0 Å². The van der Waals surface area contributed by atoms with E-state index in [0.29, 0.717) is 22.9 Å². The Morgan fingerprint density at radius 2 is 1.74 bits per heavy atom. The third-order valence-corrected chi connectivity index (χ3v) is 6.62. The van der Waals surface area contributed by atoms with Crippen molar-refractivity contribution in [2.45, 2.75) is 39.5 Å². The minimum absolute atomic E-state index is 0.249. The summed E-state index contributed by atoms with van der Waals surface area (Å²) in [5.74, 6) is 1.88. The van der Waals surface area contributed by atoms with Crippen molar-refractivity contribution in [3.8, 4) is 11.4 Å². The fourth-order valence-corrected chi connectivity index (χ4v) is 4.34. The van der Waals surface area contributed by atoms with E-state index in [-0.39, 0.29) is 5.82 Å². The van der Waals surface area contributed by atoms with Crippen molar-refractivity contribution in [3.63, 3.8) is 0 Å². The summed E-state index contributed by atoms with van der Waals surface area (Å²) >= 11 is 0. The number of anilines is 1. The molecule has 3 heterocycles. The average Bonchev–Trinajstić information content (AvgIpc) is 3.32. The number of likely N-dealkylation sites (tertiary alicyclic amines) is 1. The van der Waals surface area contributed by atoms with E-state index < -0.39 is 0 Å². The van der Waals surface area contributed by atoms with E-state index in [1.54, 1.807) is 25.4 Å². The maximum atomic E-state index is 13.7. The zero-order valence-corrected chi connectivity index (χ0v) is 20.9. The number of hydrogen-bond acceptors (Lipinski definition) is 5. The summed E-state index contributed by atoms with van der Waals surface area (Å²) in [6.45, 7) is 7.14. The van der Waals surface area contributed by atoms with E-state index in [9.17, 15) is 4.39 Å². The Hall–Kier alpha value is -3.32. The summed E-state index contributed by atoms with van der Waals surface area (Å²) < 4.78 is 13.7. The number of aryl methyl sites for hydroxylation is 2. The van der Waals surface area contributed by atoms with Crippen LogP contribution in [0.3, 0.4) is 0 Å². The maximum absolute atomic E-state index is 13.7. The van der Waals surface area contributed by atoms with E-state index in [1.165, 1.54) is 44.0 Å². The van der Waals surface area contributed by atoms with Gasteiger partial charge in [-0.05, 0) is 77.7 Å². The van der Waals surface area contributed by atoms with E-state index in [1.807, 2.05) is 18.2 Å². The highest BCUT2D eigenvalue weighted by atomic mass is 19.1. The fraction of sp³-hybridized carbons (Fsp3) is 0.393. The van der Waals surface area contributed by atoms with Gasteiger partial charge in [-0.3, -0.25) is 0 Å². The number of aromatic amines is 1. The van der Waals surface area contributed by atoms with E-state index in [0.717, 1.165) is 30.0 Å². The van der Waals surface area contributed by atoms with Gasteiger partial charge >= 0.3 is 0 Å². The van der Waals surface area contributed by atoms with Crippen LogP contribution in [-0.2, 0) is 0 Å². The molecule has 0 radical (unpaired) electrons. The number of benzene rings is 2. The zero-order chi connectivity index (χ0) is 24.6. The van der Waals surface area contributed by atoms with Gasteiger partial charge in [-0.2, -0.15) is 0 Å². The van der Waals surface area contributed by atoms with Crippen molar-refractivity contribution < 1.29 is 4.39 Å². The predicted octanol–water partition coefficient (Wildman–Crippen LogP) is 6.00. The number of hydrogen-bond donors (Lipinski definition) is 2. The highest BCUT2D eigenvalue weighted by molar-refractivity contribution is 5.82. The van der Waals surface area contributed by atoms with Gasteiger partial charge in [0.1, 0.15) is 11.6 Å². The molecule has 0 unspecified atom stereocenters. The monoisotopic (exact) mass is 474 g/mol. The topological polar surface area (TPSA) is 69.7 Å². The molecule has 0 atom stereocenters. The fourth-order valence-electron chi connectivity index (χ4n) is 4.34. The van der Waals surface area contributed by atoms with Crippen molar-refractivity contribution >= 4 is 17.0 Å². The van der Waals surface area contributed by atoms with Gasteiger partial charge in [0.25, 0.3) is 0 Å². The quantitative estimate of drug-likeness (QED) is 0.336. The van der Waals surface area contributed by atoms with Gasteiger partial charge in [0.2, 0.25) is 5.95 Å². The van der Waals surface area contributed by atoms with Crippen LogP contribution in [0.4, 0.5) is 10.3 Å². The third-order valence-electron chi connectivity index (χ3n) is 6.62. The highest BCUT2D eigenvalue weighted by Crippen LogP contribution is 2.24. The summed E-state index contributed by atoms with van der Waals surface area (Å²) in [5, 5.41) is 3.30. The summed E-state index contributed by atoms with van der Waals surface area (Å²) in [4.78, 5) is 18.9. The number of fused-ring (bicyclic) bond motifs is 1. The number of imidazole rings is 1. The number of nitrogens with one attached hydrogen (secondary N) is 2. The lowest BCUT2D eigenvalue weighted by Crippen LogP contribution is -2.30. The number of rotatable bonds is 6. The molecular weight excluding hydrogens is 439 g/mol. The third kappa shape index (κ3) is 6.85. The molecule has 0 saturated carbocycles. The van der Waals surface area contributed by atoms with Gasteiger partial charge in [-0.15, -0.1) is 0 Å². The molecule has 2 aromatic heterocycles. The summed E-state index contributed by atoms with van der Waals surface area (Å²) in [6, 6.07) is 13.4. The first kappa shape index (κ1) is 24.8. The number of piperidine rings is 1. The standard InChI is InChI=1S/C21H27FN6.C7H8/c1-14-17(22)5-6-18-19(14)27-20(26-18)16-12-24-21(25-13-16)23-9-3-4-15-7-10-28(2)11-8-15;1-7-5-3-2-4-6-7/h5-6,12-13,15H,3-4,7-11H2,1-2H3,(H,26,27)(H,23,24,25);2-6H,1H3. The number of aromatic nitrogens is 4. The molecule has 35 heavy (non-hydrogen) atoms. The summed E-state index contributed by atoms with van der Waals surface area (Å²) in [6.07, 6.45) is 8.50. The van der Waals surface area contributed by atoms with Crippen LogP contribution in [-0.4, -0.2) is 51.5 Å². The second-order valence-electron chi connectivity index (χ2n) is 9.42. The number of halogens is 1. The molecule has 0 aliphatic carbocycles. The van der Waals surface area contributed by atoms with Gasteiger partial charge < -0.3 is 15.2 Å². The molecule has 184 valence electrons. The van der Waals surface area contributed by atoms with Crippen LogP contribution in [0.2, 0.25) is 0 Å². The minimum Gasteiger partial charge on any atom is -0.354 e. The lowest BCUT2D eigenvalue weighted by atomic mass is 9.92. The van der Waals surface area contributed by atoms with Crippen LogP contribution in [0, 0.1) is 25.6 Å². The normalized spacial score (nSPS) is 14.5. The minimum atomic E-state index is -0.249. The molecule has 0 amide bonds. The van der Waals surface area contributed by atoms with Gasteiger partial charge in [0, 0.05) is 24.5 Å². The largest absolute Gasteiger partial charge is 0.354 e. The first-order valence-electron chi connectivity index (χ1n) is 12.4. The van der Waals surface area contributed by atoms with Crippen molar-refractivity contribution in [2.75, 3.05) is 32.0 Å². The Morgan fingerprint density at radius 1 is 1.03 bits per heavy atom. The van der Waals surface area contributed by atoms with Crippen LogP contribution in [0.1, 0.15) is 36.8 Å². The van der Waals surface area contributed by atoms with Crippen molar-refractivity contribution in [3.05, 3.63) is 71.8 Å². The van der Waals surface area contributed by atoms with E-state index in [2.05, 4.69) is 56.3 Å². The number of H-pyrrole nitrogens is 1. The SMILES string of the molecule is Cc1c(F)ccc2[nH]c(-c3cnc(NCCCC4CCN(C)CC4)nc3)nc12.Cc1ccccc1. The van der Waals surface area contributed by atoms with Gasteiger partial charge in [-0.25, -0.2) is 19.3 Å². The molecule has 7 heteroatoms. The van der Waals surface area contributed by atoms with Gasteiger partial charge in [0.15, 0.2) is 0 Å². The van der Waals surface area contributed by atoms with Crippen molar-refractivity contribution in [1.82, 2.24) is 24.8 Å². The van der Waals surface area contributed by atoms with Crippen LogP contribution < -0.4 is 5.32 Å². The predicted molar refractivity (Wildman–Crippen MR) is 141 cm³/mol. The zero-order valence-electron chi connectivity index (χ0n) is 20.9. The molecule has 5 rings (SSSR count). The molecule has 0 spiro atoms. The summed E-state index contributed by atoms with van der Waals surface area (Å²) in [5.41, 5.74) is 4.11. The second-order valence-corrected chi connectivity index (χ2v) is 9.42. The molecule has 6 nitrogen and oxygen atoms in total. The molecule has 2 N–H and O–H groups in total. The van der Waals surface area contributed by atoms with Crippen LogP contribution >= 0.6 is 0 Å². The maximum Gasteiger partial charge on any atom is 0.222 e. The molecule has 2 aromatic carbocycles. The lowest BCUT2D eigenvalue weighted by Gasteiger charge is -2.28. The van der Waals surface area contributed by atoms with Crippen LogP contribution in [0.15, 0.2) is 54.9 Å². The highest BCUT2D eigenvalue weighted by Gasteiger charge is 2.16.